The van der Waals surface area contributed by atoms with Gasteiger partial charge in [-0.25, -0.2) is 0 Å². The Balaban J connectivity index is 2.43. The third-order valence-corrected chi connectivity index (χ3v) is 2.37. The summed E-state index contributed by atoms with van der Waals surface area (Å²) in [5.74, 6) is -0.765. The molecule has 0 aliphatic heterocycles. The Hall–Kier alpha value is -1.35. The van der Waals surface area contributed by atoms with Gasteiger partial charge in [-0.3, -0.25) is 4.79 Å². The van der Waals surface area contributed by atoms with Crippen LogP contribution in [0, 0.1) is 6.92 Å². The van der Waals surface area contributed by atoms with Crippen molar-refractivity contribution in [3.05, 3.63) is 35.4 Å². The van der Waals surface area contributed by atoms with E-state index in [-0.39, 0.29) is 12.5 Å². The van der Waals surface area contributed by atoms with Crippen molar-refractivity contribution in [2.24, 2.45) is 0 Å². The van der Waals surface area contributed by atoms with Gasteiger partial charge in [0.15, 0.2) is 0 Å². The van der Waals surface area contributed by atoms with Crippen molar-refractivity contribution in [3.63, 3.8) is 0 Å². The number of carboxylic acids is 1. The summed E-state index contributed by atoms with van der Waals surface area (Å²) in [5, 5.41) is 11.7. The number of nitrogens with one attached hydrogen (secondary N) is 1. The number of rotatable bonds is 5. The minimum atomic E-state index is -0.765. The van der Waals surface area contributed by atoms with E-state index < -0.39 is 5.97 Å². The second-order valence-corrected chi connectivity index (χ2v) is 3.73. The second kappa shape index (κ2) is 5.51. The minimum absolute atomic E-state index is 0.163. The van der Waals surface area contributed by atoms with Gasteiger partial charge in [-0.05, 0) is 19.4 Å². The van der Waals surface area contributed by atoms with E-state index in [1.807, 2.05) is 13.8 Å². The molecule has 2 N–H and O–H groups in total. The predicted octanol–water partition coefficient (Wildman–Crippen LogP) is 2.12. The average molecular weight is 207 g/mol. The predicted molar refractivity (Wildman–Crippen MR) is 59.8 cm³/mol. The molecule has 0 spiro atoms. The molecule has 0 saturated heterocycles. The van der Waals surface area contributed by atoms with Crippen molar-refractivity contribution >= 4 is 5.97 Å². The zero-order valence-electron chi connectivity index (χ0n) is 9.16. The lowest BCUT2D eigenvalue weighted by Gasteiger charge is -2.13. The Morgan fingerprint density at radius 1 is 1.40 bits per heavy atom. The first-order valence-electron chi connectivity index (χ1n) is 5.11. The molecule has 0 saturated carbocycles. The third-order valence-electron chi connectivity index (χ3n) is 2.37. The number of hydrogen-bond donors (Lipinski definition) is 2. The summed E-state index contributed by atoms with van der Waals surface area (Å²) >= 11 is 0. The van der Waals surface area contributed by atoms with Crippen LogP contribution in [0.3, 0.4) is 0 Å². The molecule has 0 aliphatic carbocycles. The first kappa shape index (κ1) is 11.7. The fraction of sp³-hybridized carbons (Fsp3) is 0.417. The Kier molecular flexibility index (Phi) is 4.31. The van der Waals surface area contributed by atoms with Crippen LogP contribution >= 0.6 is 0 Å². The Bertz CT molecular complexity index is 319. The molecule has 15 heavy (non-hydrogen) atoms. The van der Waals surface area contributed by atoms with Gasteiger partial charge < -0.3 is 10.4 Å². The van der Waals surface area contributed by atoms with Crippen molar-refractivity contribution < 1.29 is 9.90 Å². The maximum Gasteiger partial charge on any atom is 0.304 e. The third kappa shape index (κ3) is 4.13. The van der Waals surface area contributed by atoms with Crippen molar-refractivity contribution in [2.75, 3.05) is 6.54 Å². The van der Waals surface area contributed by atoms with Crippen molar-refractivity contribution in [3.8, 4) is 0 Å². The molecule has 0 fully saturated rings. The van der Waals surface area contributed by atoms with Gasteiger partial charge in [0.25, 0.3) is 0 Å². The Morgan fingerprint density at radius 3 is 2.53 bits per heavy atom. The number of carboxylic acid groups (broad SMARTS) is 1. The normalized spacial score (nSPS) is 12.4. The molecule has 1 aromatic carbocycles. The van der Waals surface area contributed by atoms with E-state index in [1.54, 1.807) is 0 Å². The van der Waals surface area contributed by atoms with E-state index in [2.05, 4.69) is 29.6 Å². The Morgan fingerprint density at radius 2 is 2.00 bits per heavy atom. The van der Waals surface area contributed by atoms with E-state index in [9.17, 15) is 4.79 Å². The summed E-state index contributed by atoms with van der Waals surface area (Å²) in [4.78, 5) is 10.3. The summed E-state index contributed by atoms with van der Waals surface area (Å²) in [6, 6.07) is 8.45. The molecule has 0 unspecified atom stereocenters. The molecule has 0 aliphatic rings. The average Bonchev–Trinajstić information content (AvgIpc) is 2.18. The molecule has 0 bridgehead atoms. The van der Waals surface area contributed by atoms with Crippen LogP contribution in [0.2, 0.25) is 0 Å². The zero-order chi connectivity index (χ0) is 11.3. The fourth-order valence-electron chi connectivity index (χ4n) is 1.37. The van der Waals surface area contributed by atoms with Crippen LogP contribution in [-0.2, 0) is 4.79 Å². The molecule has 1 atom stereocenters. The lowest BCUT2D eigenvalue weighted by atomic mass is 10.1. The highest BCUT2D eigenvalue weighted by Gasteiger charge is 2.04. The van der Waals surface area contributed by atoms with E-state index in [0.717, 1.165) is 0 Å². The summed E-state index contributed by atoms with van der Waals surface area (Å²) in [6.45, 7) is 4.59. The minimum Gasteiger partial charge on any atom is -0.481 e. The first-order valence-corrected chi connectivity index (χ1v) is 5.11. The van der Waals surface area contributed by atoms with Crippen LogP contribution in [0.15, 0.2) is 24.3 Å². The van der Waals surface area contributed by atoms with Gasteiger partial charge in [-0.2, -0.15) is 0 Å². The van der Waals surface area contributed by atoms with Gasteiger partial charge in [0.1, 0.15) is 0 Å². The maximum absolute atomic E-state index is 10.3. The van der Waals surface area contributed by atoms with Crippen molar-refractivity contribution in [2.45, 2.75) is 26.3 Å². The second-order valence-electron chi connectivity index (χ2n) is 3.73. The monoisotopic (exact) mass is 207 g/mol. The van der Waals surface area contributed by atoms with Gasteiger partial charge in [-0.1, -0.05) is 29.8 Å². The maximum atomic E-state index is 10.3. The van der Waals surface area contributed by atoms with Crippen LogP contribution in [0.1, 0.15) is 30.5 Å². The van der Waals surface area contributed by atoms with Crippen LogP contribution in [0.25, 0.3) is 0 Å². The zero-order valence-corrected chi connectivity index (χ0v) is 9.16. The molecule has 0 heterocycles. The number of hydrogen-bond acceptors (Lipinski definition) is 2. The van der Waals surface area contributed by atoms with Gasteiger partial charge in [-0.15, -0.1) is 0 Å². The van der Waals surface area contributed by atoms with Crippen LogP contribution in [0.5, 0.6) is 0 Å². The van der Waals surface area contributed by atoms with Crippen molar-refractivity contribution in [1.29, 1.82) is 0 Å². The molecular formula is C12H17NO2. The molecule has 1 rings (SSSR count). The molecule has 3 nitrogen and oxygen atoms in total. The molecule has 82 valence electrons. The number of benzene rings is 1. The van der Waals surface area contributed by atoms with Gasteiger partial charge in [0.2, 0.25) is 0 Å². The molecule has 0 aromatic heterocycles. The highest BCUT2D eigenvalue weighted by atomic mass is 16.4. The first-order chi connectivity index (χ1) is 7.09. The fourth-order valence-corrected chi connectivity index (χ4v) is 1.37. The molecule has 3 heteroatoms. The quantitative estimate of drug-likeness (QED) is 0.777. The topological polar surface area (TPSA) is 49.3 Å². The molecule has 0 amide bonds. The molecule has 1 aromatic rings. The SMILES string of the molecule is Cc1ccc([C@H](C)NCCC(=O)O)cc1. The Labute approximate surface area is 90.1 Å². The lowest BCUT2D eigenvalue weighted by Crippen LogP contribution is -2.21. The van der Waals surface area contributed by atoms with E-state index in [1.165, 1.54) is 11.1 Å². The smallest absolute Gasteiger partial charge is 0.304 e. The van der Waals surface area contributed by atoms with Crippen LogP contribution in [0.4, 0.5) is 0 Å². The summed E-state index contributed by atoms with van der Waals surface area (Å²) in [6.07, 6.45) is 0.163. The number of aliphatic carboxylic acids is 1. The lowest BCUT2D eigenvalue weighted by molar-refractivity contribution is -0.136. The van der Waals surface area contributed by atoms with E-state index in [4.69, 9.17) is 5.11 Å². The van der Waals surface area contributed by atoms with E-state index in [0.29, 0.717) is 6.54 Å². The van der Waals surface area contributed by atoms with Crippen LogP contribution < -0.4 is 5.32 Å². The molecule has 0 radical (unpaired) electrons. The highest BCUT2D eigenvalue weighted by Crippen LogP contribution is 2.12. The standard InChI is InChI=1S/C12H17NO2/c1-9-3-5-11(6-4-9)10(2)13-8-7-12(14)15/h3-6,10,13H,7-8H2,1-2H3,(H,14,15)/t10-/m0/s1. The van der Waals surface area contributed by atoms with Gasteiger partial charge in [0, 0.05) is 12.6 Å². The van der Waals surface area contributed by atoms with Crippen molar-refractivity contribution in [1.82, 2.24) is 5.32 Å². The van der Waals surface area contributed by atoms with Gasteiger partial charge >= 0.3 is 5.97 Å². The number of aryl methyl sites for hydroxylation is 1. The van der Waals surface area contributed by atoms with E-state index >= 15 is 0 Å². The largest absolute Gasteiger partial charge is 0.481 e. The summed E-state index contributed by atoms with van der Waals surface area (Å²) < 4.78 is 0. The van der Waals surface area contributed by atoms with Gasteiger partial charge in [0.05, 0.1) is 6.42 Å². The summed E-state index contributed by atoms with van der Waals surface area (Å²) in [5.41, 5.74) is 2.42. The molecular weight excluding hydrogens is 190 g/mol. The summed E-state index contributed by atoms with van der Waals surface area (Å²) in [7, 11) is 0. The number of carbonyl (C=O) groups is 1. The van der Waals surface area contributed by atoms with Crippen LogP contribution in [-0.4, -0.2) is 17.6 Å². The highest BCUT2D eigenvalue weighted by molar-refractivity contribution is 5.66.